The largest absolute Gasteiger partial charge is 0.490 e. The van der Waals surface area contributed by atoms with Gasteiger partial charge in [0.2, 0.25) is 0 Å². The van der Waals surface area contributed by atoms with Gasteiger partial charge in [0.15, 0.2) is 16.7 Å². The Kier molecular flexibility index (Phi) is 9.35. The zero-order valence-electron chi connectivity index (χ0n) is 21.6. The van der Waals surface area contributed by atoms with Crippen LogP contribution in [0.4, 0.5) is 15.8 Å². The molecule has 1 fully saturated rings. The number of ether oxygens (including phenoxy) is 2. The molecule has 5 nitrogen and oxygen atoms in total. The molecule has 0 bridgehead atoms. The summed E-state index contributed by atoms with van der Waals surface area (Å²) in [5, 5.41) is 1.66. The maximum absolute atomic E-state index is 13.7. The summed E-state index contributed by atoms with van der Waals surface area (Å²) in [4.78, 5) is 20.5. The number of carbonyl (C=O) groups is 1. The van der Waals surface area contributed by atoms with Crippen LogP contribution >= 0.6 is 50.9 Å². The number of nitrogens with zero attached hydrogens (tertiary/aromatic N) is 2. The molecule has 0 unspecified atom stereocenters. The minimum absolute atomic E-state index is 0.226. The van der Waals surface area contributed by atoms with Crippen LogP contribution in [-0.4, -0.2) is 17.7 Å². The number of benzene rings is 4. The van der Waals surface area contributed by atoms with E-state index in [1.165, 1.54) is 23.9 Å². The minimum Gasteiger partial charge on any atom is -0.490 e. The number of amides is 1. The van der Waals surface area contributed by atoms with Gasteiger partial charge in [-0.1, -0.05) is 35.3 Å². The highest BCUT2D eigenvalue weighted by atomic mass is 79.9. The van der Waals surface area contributed by atoms with Gasteiger partial charge in [0, 0.05) is 10.0 Å². The van der Waals surface area contributed by atoms with E-state index in [0.717, 1.165) is 11.1 Å². The predicted molar refractivity (Wildman–Crippen MR) is 169 cm³/mol. The zero-order valence-corrected chi connectivity index (χ0v) is 25.5. The van der Waals surface area contributed by atoms with Crippen molar-refractivity contribution < 1.29 is 18.7 Å². The Balaban J connectivity index is 1.48. The van der Waals surface area contributed by atoms with Gasteiger partial charge < -0.3 is 9.47 Å². The number of carbonyl (C=O) groups excluding carboxylic acids is 1. The fourth-order valence-corrected chi connectivity index (χ4v) is 5.78. The molecule has 0 atom stereocenters. The summed E-state index contributed by atoms with van der Waals surface area (Å²) in [6, 6.07) is 23.9. The fraction of sp³-hybridized carbons (Fsp3) is 0.0968. The molecule has 1 heterocycles. The number of hydrogen-bond donors (Lipinski definition) is 0. The molecule has 4 aromatic carbocycles. The molecule has 5 rings (SSSR count). The van der Waals surface area contributed by atoms with E-state index in [0.29, 0.717) is 54.1 Å². The molecule has 41 heavy (non-hydrogen) atoms. The summed E-state index contributed by atoms with van der Waals surface area (Å²) < 4.78 is 25.8. The summed E-state index contributed by atoms with van der Waals surface area (Å²) in [5.74, 6) is 0.487. The molecule has 0 spiro atoms. The van der Waals surface area contributed by atoms with Crippen LogP contribution in [0.25, 0.3) is 6.08 Å². The molecule has 0 N–H and O–H groups in total. The number of rotatable bonds is 8. The molecule has 1 amide bonds. The summed E-state index contributed by atoms with van der Waals surface area (Å²) in [6.07, 6.45) is 1.79. The monoisotopic (exact) mass is 670 g/mol. The van der Waals surface area contributed by atoms with E-state index in [1.807, 2.05) is 19.1 Å². The first-order valence-corrected chi connectivity index (χ1v) is 14.8. The van der Waals surface area contributed by atoms with Crippen LogP contribution in [0.1, 0.15) is 18.1 Å². The van der Waals surface area contributed by atoms with Crippen molar-refractivity contribution in [3.8, 4) is 11.5 Å². The number of aliphatic imine (C=N–C) groups is 1. The molecule has 4 aromatic rings. The molecule has 0 aromatic heterocycles. The van der Waals surface area contributed by atoms with Crippen molar-refractivity contribution in [1.29, 1.82) is 0 Å². The number of amidine groups is 1. The Labute approximate surface area is 259 Å². The van der Waals surface area contributed by atoms with Crippen LogP contribution in [0, 0.1) is 5.82 Å². The Morgan fingerprint density at radius 3 is 2.27 bits per heavy atom. The molecular formula is C31H22BrCl2FN2O3S. The van der Waals surface area contributed by atoms with Gasteiger partial charge in [-0.25, -0.2) is 9.38 Å². The minimum atomic E-state index is -0.308. The quantitative estimate of drug-likeness (QED) is 0.175. The molecule has 0 radical (unpaired) electrons. The Morgan fingerprint density at radius 2 is 1.61 bits per heavy atom. The van der Waals surface area contributed by atoms with Crippen molar-refractivity contribution >= 4 is 79.4 Å². The maximum Gasteiger partial charge on any atom is 0.271 e. The third-order valence-corrected chi connectivity index (χ3v) is 7.93. The second-order valence-electron chi connectivity index (χ2n) is 8.78. The van der Waals surface area contributed by atoms with Crippen LogP contribution in [0.15, 0.2) is 99.3 Å². The molecule has 0 saturated carbocycles. The number of hydrogen-bond acceptors (Lipinski definition) is 5. The predicted octanol–water partition coefficient (Wildman–Crippen LogP) is 9.68. The first-order chi connectivity index (χ1) is 19.8. The first kappa shape index (κ1) is 29.2. The lowest BCUT2D eigenvalue weighted by Crippen LogP contribution is -2.28. The maximum atomic E-state index is 13.7. The summed E-state index contributed by atoms with van der Waals surface area (Å²) in [6.45, 7) is 2.52. The van der Waals surface area contributed by atoms with Gasteiger partial charge in [-0.05, 0) is 125 Å². The fourth-order valence-electron chi connectivity index (χ4n) is 3.95. The van der Waals surface area contributed by atoms with Crippen LogP contribution < -0.4 is 14.4 Å². The SMILES string of the molecule is CCOc1cc(/C=C2\SC(=Nc3ccc(Cl)cc3)N(c3ccc(Cl)cc3)C2=O)cc(Br)c1OCc1ccc(F)cc1. The third kappa shape index (κ3) is 7.13. The van der Waals surface area contributed by atoms with Crippen molar-refractivity contribution in [2.24, 2.45) is 4.99 Å². The topological polar surface area (TPSA) is 51.1 Å². The van der Waals surface area contributed by atoms with Crippen LogP contribution in [0.3, 0.4) is 0 Å². The van der Waals surface area contributed by atoms with E-state index in [2.05, 4.69) is 15.9 Å². The van der Waals surface area contributed by atoms with Gasteiger partial charge in [0.25, 0.3) is 5.91 Å². The molecule has 1 aliphatic heterocycles. The second kappa shape index (κ2) is 13.1. The lowest BCUT2D eigenvalue weighted by Gasteiger charge is -2.16. The van der Waals surface area contributed by atoms with Gasteiger partial charge in [-0.2, -0.15) is 0 Å². The van der Waals surface area contributed by atoms with Crippen molar-refractivity contribution in [3.63, 3.8) is 0 Å². The average Bonchev–Trinajstić information content (AvgIpc) is 3.25. The Hall–Kier alpha value is -3.30. The van der Waals surface area contributed by atoms with Gasteiger partial charge in [0.1, 0.15) is 12.4 Å². The molecule has 1 aliphatic rings. The third-order valence-electron chi connectivity index (χ3n) is 5.87. The highest BCUT2D eigenvalue weighted by Gasteiger charge is 2.35. The highest BCUT2D eigenvalue weighted by Crippen LogP contribution is 2.41. The van der Waals surface area contributed by atoms with E-state index in [1.54, 1.807) is 71.6 Å². The number of halogens is 4. The Morgan fingerprint density at radius 1 is 0.951 bits per heavy atom. The van der Waals surface area contributed by atoms with E-state index >= 15 is 0 Å². The molecule has 0 aliphatic carbocycles. The van der Waals surface area contributed by atoms with Crippen LogP contribution in [0.2, 0.25) is 10.0 Å². The zero-order chi connectivity index (χ0) is 28.9. The van der Waals surface area contributed by atoms with E-state index in [-0.39, 0.29) is 18.3 Å². The van der Waals surface area contributed by atoms with Crippen LogP contribution in [0.5, 0.6) is 11.5 Å². The smallest absolute Gasteiger partial charge is 0.271 e. The van der Waals surface area contributed by atoms with E-state index in [4.69, 9.17) is 37.7 Å². The summed E-state index contributed by atoms with van der Waals surface area (Å²) >= 11 is 17.0. The van der Waals surface area contributed by atoms with E-state index in [9.17, 15) is 9.18 Å². The molecule has 208 valence electrons. The van der Waals surface area contributed by atoms with Crippen molar-refractivity contribution in [1.82, 2.24) is 0 Å². The van der Waals surface area contributed by atoms with E-state index < -0.39 is 0 Å². The molecular weight excluding hydrogens is 650 g/mol. The normalized spacial score (nSPS) is 15.1. The summed E-state index contributed by atoms with van der Waals surface area (Å²) in [5.41, 5.74) is 2.85. The first-order valence-electron chi connectivity index (χ1n) is 12.5. The second-order valence-corrected chi connectivity index (χ2v) is 11.5. The molecule has 1 saturated heterocycles. The lowest BCUT2D eigenvalue weighted by atomic mass is 10.1. The van der Waals surface area contributed by atoms with Crippen molar-refractivity contribution in [3.05, 3.63) is 121 Å². The standard InChI is InChI=1S/C31H22BrCl2FN2O3S/c1-2-39-27-16-20(15-26(32)29(27)40-18-19-3-9-23(35)10-4-19)17-28-30(38)37(25-13-7-22(34)8-14-25)31(41-28)36-24-11-5-21(33)6-12-24/h3-17H,2,18H2,1H3/b28-17-,36-31?. The molecule has 10 heteroatoms. The average molecular weight is 672 g/mol. The number of anilines is 1. The van der Waals surface area contributed by atoms with Gasteiger partial charge in [-0.15, -0.1) is 0 Å². The van der Waals surface area contributed by atoms with Gasteiger partial charge in [0.05, 0.1) is 27.4 Å². The van der Waals surface area contributed by atoms with Crippen LogP contribution in [-0.2, 0) is 11.4 Å². The highest BCUT2D eigenvalue weighted by molar-refractivity contribution is 9.10. The number of thioether (sulfide) groups is 1. The Bertz CT molecular complexity index is 1630. The van der Waals surface area contributed by atoms with Crippen molar-refractivity contribution in [2.75, 3.05) is 11.5 Å². The van der Waals surface area contributed by atoms with Crippen molar-refractivity contribution in [2.45, 2.75) is 13.5 Å². The summed E-state index contributed by atoms with van der Waals surface area (Å²) in [7, 11) is 0. The lowest BCUT2D eigenvalue weighted by molar-refractivity contribution is -0.113. The van der Waals surface area contributed by atoms with Gasteiger partial charge in [-0.3, -0.25) is 9.69 Å². The van der Waals surface area contributed by atoms with Gasteiger partial charge >= 0.3 is 0 Å².